The van der Waals surface area contributed by atoms with Gasteiger partial charge in [-0.2, -0.15) is 0 Å². The Kier molecular flexibility index (Phi) is 4.64. The summed E-state index contributed by atoms with van der Waals surface area (Å²) in [6.45, 7) is 2.37. The number of carbonyl (C=O) groups excluding carboxylic acids is 1. The van der Waals surface area contributed by atoms with Crippen molar-refractivity contribution in [3.8, 4) is 0 Å². The SMILES string of the molecule is CCc1ccc(N2C(=O)N(Cc3ccccc3Cl)C3CS(=O)(=O)CC32)cc1. The Morgan fingerprint density at radius 1 is 1.04 bits per heavy atom. The zero-order valence-corrected chi connectivity index (χ0v) is 16.6. The van der Waals surface area contributed by atoms with Crippen LogP contribution in [0.5, 0.6) is 0 Å². The minimum Gasteiger partial charge on any atom is -0.314 e. The summed E-state index contributed by atoms with van der Waals surface area (Å²) in [5, 5.41) is 0.577. The standard InChI is InChI=1S/C20H21ClN2O3S/c1-2-14-7-9-16(10-8-14)23-19-13-27(25,26)12-18(19)22(20(23)24)11-15-5-3-4-6-17(15)21/h3-10,18-19H,2,11-13H2,1H3. The number of hydrogen-bond acceptors (Lipinski definition) is 3. The molecule has 2 aliphatic rings. The summed E-state index contributed by atoms with van der Waals surface area (Å²) in [5.74, 6) is -0.00460. The number of benzene rings is 2. The van der Waals surface area contributed by atoms with Gasteiger partial charge in [0.05, 0.1) is 23.6 Å². The molecular weight excluding hydrogens is 384 g/mol. The zero-order valence-electron chi connectivity index (χ0n) is 15.0. The van der Waals surface area contributed by atoms with E-state index in [1.54, 1.807) is 15.9 Å². The minimum atomic E-state index is -3.19. The highest BCUT2D eigenvalue weighted by Gasteiger charge is 2.53. The molecule has 2 amide bonds. The van der Waals surface area contributed by atoms with Gasteiger partial charge in [0, 0.05) is 17.3 Å². The van der Waals surface area contributed by atoms with Crippen LogP contribution < -0.4 is 4.90 Å². The molecule has 2 saturated heterocycles. The second kappa shape index (κ2) is 6.84. The van der Waals surface area contributed by atoms with Gasteiger partial charge in [-0.3, -0.25) is 4.90 Å². The predicted molar refractivity (Wildman–Crippen MR) is 107 cm³/mol. The van der Waals surface area contributed by atoms with Gasteiger partial charge >= 0.3 is 6.03 Å². The number of fused-ring (bicyclic) bond motifs is 1. The van der Waals surface area contributed by atoms with Gasteiger partial charge in [0.1, 0.15) is 0 Å². The first kappa shape index (κ1) is 18.3. The van der Waals surface area contributed by atoms with Crippen molar-refractivity contribution in [1.29, 1.82) is 0 Å². The Balaban J connectivity index is 1.70. The summed E-state index contributed by atoms with van der Waals surface area (Å²) < 4.78 is 24.6. The van der Waals surface area contributed by atoms with E-state index in [-0.39, 0.29) is 29.6 Å². The van der Waals surface area contributed by atoms with E-state index in [0.29, 0.717) is 11.6 Å². The molecule has 2 aromatic carbocycles. The second-order valence-corrected chi connectivity index (χ2v) is 9.66. The van der Waals surface area contributed by atoms with Gasteiger partial charge in [-0.15, -0.1) is 0 Å². The molecule has 142 valence electrons. The third kappa shape index (κ3) is 3.32. The van der Waals surface area contributed by atoms with Crippen LogP contribution in [0.3, 0.4) is 0 Å². The van der Waals surface area contributed by atoms with Crippen molar-refractivity contribution in [2.45, 2.75) is 32.0 Å². The third-order valence-corrected chi connectivity index (χ3v) is 7.47. The molecule has 0 radical (unpaired) electrons. The fourth-order valence-corrected chi connectivity index (χ4v) is 6.11. The summed E-state index contributed by atoms with van der Waals surface area (Å²) in [4.78, 5) is 16.5. The van der Waals surface area contributed by atoms with Crippen molar-refractivity contribution >= 4 is 33.2 Å². The van der Waals surface area contributed by atoms with E-state index in [1.807, 2.05) is 42.5 Å². The maximum absolute atomic E-state index is 13.2. The Bertz CT molecular complexity index is 975. The molecule has 2 heterocycles. The normalized spacial score (nSPS) is 23.7. The molecule has 2 aromatic rings. The van der Waals surface area contributed by atoms with Crippen LogP contribution in [0.25, 0.3) is 0 Å². The van der Waals surface area contributed by atoms with E-state index < -0.39 is 9.84 Å². The van der Waals surface area contributed by atoms with Crippen LogP contribution in [0.4, 0.5) is 10.5 Å². The number of carbonyl (C=O) groups is 1. The molecule has 0 bridgehead atoms. The smallest absolute Gasteiger partial charge is 0.314 e. The van der Waals surface area contributed by atoms with Gasteiger partial charge < -0.3 is 4.90 Å². The quantitative estimate of drug-likeness (QED) is 0.732. The largest absolute Gasteiger partial charge is 0.325 e. The average molecular weight is 405 g/mol. The van der Waals surface area contributed by atoms with Crippen LogP contribution in [0.2, 0.25) is 5.02 Å². The van der Waals surface area contributed by atoms with Crippen LogP contribution in [0, 0.1) is 0 Å². The van der Waals surface area contributed by atoms with Gasteiger partial charge in [0.2, 0.25) is 0 Å². The van der Waals surface area contributed by atoms with Crippen LogP contribution in [-0.2, 0) is 22.8 Å². The topological polar surface area (TPSA) is 57.7 Å². The maximum atomic E-state index is 13.2. The van der Waals surface area contributed by atoms with Gasteiger partial charge in [0.15, 0.2) is 9.84 Å². The number of sulfone groups is 1. The Morgan fingerprint density at radius 3 is 2.37 bits per heavy atom. The van der Waals surface area contributed by atoms with E-state index in [9.17, 15) is 13.2 Å². The first-order valence-corrected chi connectivity index (χ1v) is 11.2. The Morgan fingerprint density at radius 2 is 1.70 bits per heavy atom. The number of rotatable bonds is 4. The fourth-order valence-electron chi connectivity index (χ4n) is 3.97. The first-order valence-electron chi connectivity index (χ1n) is 9.02. The molecular formula is C20H21ClN2O3S. The number of aryl methyl sites for hydroxylation is 1. The molecule has 5 nitrogen and oxygen atoms in total. The molecule has 7 heteroatoms. The van der Waals surface area contributed by atoms with E-state index in [1.165, 1.54) is 5.56 Å². The van der Waals surface area contributed by atoms with E-state index in [2.05, 4.69) is 6.92 Å². The molecule has 2 atom stereocenters. The summed E-state index contributed by atoms with van der Waals surface area (Å²) in [6.07, 6.45) is 0.910. The summed E-state index contributed by atoms with van der Waals surface area (Å²) in [6, 6.07) is 14.2. The Labute approximate surface area is 164 Å². The van der Waals surface area contributed by atoms with Crippen molar-refractivity contribution < 1.29 is 13.2 Å². The molecule has 0 aromatic heterocycles. The monoisotopic (exact) mass is 404 g/mol. The second-order valence-electron chi connectivity index (χ2n) is 7.10. The molecule has 0 saturated carbocycles. The van der Waals surface area contributed by atoms with Crippen molar-refractivity contribution in [1.82, 2.24) is 4.90 Å². The van der Waals surface area contributed by atoms with Gasteiger partial charge in [0.25, 0.3) is 0 Å². The van der Waals surface area contributed by atoms with Crippen LogP contribution in [0.15, 0.2) is 48.5 Å². The molecule has 2 aliphatic heterocycles. The minimum absolute atomic E-state index is 0.00203. The number of nitrogens with zero attached hydrogens (tertiary/aromatic N) is 2. The lowest BCUT2D eigenvalue weighted by Crippen LogP contribution is -2.37. The molecule has 2 fully saturated rings. The van der Waals surface area contributed by atoms with E-state index in [0.717, 1.165) is 17.7 Å². The highest BCUT2D eigenvalue weighted by atomic mass is 35.5. The zero-order chi connectivity index (χ0) is 19.2. The van der Waals surface area contributed by atoms with Crippen LogP contribution >= 0.6 is 11.6 Å². The first-order chi connectivity index (χ1) is 12.9. The lowest BCUT2D eigenvalue weighted by Gasteiger charge is -2.23. The lowest BCUT2D eigenvalue weighted by atomic mass is 10.1. The summed E-state index contributed by atoms with van der Waals surface area (Å²) >= 11 is 6.27. The molecule has 27 heavy (non-hydrogen) atoms. The van der Waals surface area contributed by atoms with Gasteiger partial charge in [-0.1, -0.05) is 48.9 Å². The molecule has 0 spiro atoms. The van der Waals surface area contributed by atoms with Crippen LogP contribution in [-0.4, -0.2) is 42.9 Å². The number of hydrogen-bond donors (Lipinski definition) is 0. The fraction of sp³-hybridized carbons (Fsp3) is 0.350. The molecule has 4 rings (SSSR count). The van der Waals surface area contributed by atoms with Gasteiger partial charge in [-0.05, 0) is 35.7 Å². The number of halogens is 1. The van der Waals surface area contributed by atoms with Crippen molar-refractivity contribution in [3.05, 3.63) is 64.7 Å². The maximum Gasteiger partial charge on any atom is 0.325 e. The predicted octanol–water partition coefficient (Wildman–Crippen LogP) is 3.51. The van der Waals surface area contributed by atoms with Crippen molar-refractivity contribution in [2.75, 3.05) is 16.4 Å². The highest BCUT2D eigenvalue weighted by Crippen LogP contribution is 2.36. The van der Waals surface area contributed by atoms with Gasteiger partial charge in [-0.25, -0.2) is 13.2 Å². The number of anilines is 1. The third-order valence-electron chi connectivity index (χ3n) is 5.40. The number of amides is 2. The molecule has 2 unspecified atom stereocenters. The van der Waals surface area contributed by atoms with Crippen molar-refractivity contribution in [2.24, 2.45) is 0 Å². The average Bonchev–Trinajstić information content (AvgIpc) is 3.07. The summed E-state index contributed by atoms with van der Waals surface area (Å²) in [7, 11) is -3.19. The van der Waals surface area contributed by atoms with Crippen LogP contribution in [0.1, 0.15) is 18.1 Å². The summed E-state index contributed by atoms with van der Waals surface area (Å²) in [5.41, 5.74) is 2.73. The Hall–Kier alpha value is -2.05. The molecule has 0 aliphatic carbocycles. The van der Waals surface area contributed by atoms with E-state index in [4.69, 9.17) is 11.6 Å². The molecule has 0 N–H and O–H groups in total. The number of urea groups is 1. The van der Waals surface area contributed by atoms with Crippen molar-refractivity contribution in [3.63, 3.8) is 0 Å². The highest BCUT2D eigenvalue weighted by molar-refractivity contribution is 7.91. The lowest BCUT2D eigenvalue weighted by molar-refractivity contribution is 0.206. The van der Waals surface area contributed by atoms with E-state index >= 15 is 0 Å².